The van der Waals surface area contributed by atoms with Gasteiger partial charge in [-0.3, -0.25) is 9.59 Å². The maximum absolute atomic E-state index is 13.8. The highest BCUT2D eigenvalue weighted by Gasteiger charge is 2.50. The van der Waals surface area contributed by atoms with Crippen molar-refractivity contribution < 1.29 is 23.5 Å². The number of esters is 2. The van der Waals surface area contributed by atoms with Crippen molar-refractivity contribution in [3.63, 3.8) is 0 Å². The molecule has 0 bridgehead atoms. The molecule has 5 heteroatoms. The van der Waals surface area contributed by atoms with Gasteiger partial charge in [0, 0.05) is 5.92 Å². The lowest BCUT2D eigenvalue weighted by molar-refractivity contribution is -0.165. The highest BCUT2D eigenvalue weighted by molar-refractivity contribution is 6.03. The van der Waals surface area contributed by atoms with E-state index < -0.39 is 17.4 Å². The number of carbonyl (C=O) groups excluding carboxylic acids is 2. The van der Waals surface area contributed by atoms with Crippen LogP contribution < -0.4 is 0 Å². The fourth-order valence-corrected chi connectivity index (χ4v) is 2.50. The van der Waals surface area contributed by atoms with Crippen LogP contribution in [0.3, 0.4) is 0 Å². The Bertz CT molecular complexity index is 549. The van der Waals surface area contributed by atoms with Crippen molar-refractivity contribution in [1.82, 2.24) is 0 Å². The summed E-state index contributed by atoms with van der Waals surface area (Å²) in [5, 5.41) is 0. The van der Waals surface area contributed by atoms with E-state index in [1.165, 1.54) is 26.4 Å². The molecule has 0 N–H and O–H groups in total. The van der Waals surface area contributed by atoms with Gasteiger partial charge in [0.1, 0.15) is 5.82 Å². The minimum Gasteiger partial charge on any atom is -0.468 e. The summed E-state index contributed by atoms with van der Waals surface area (Å²) in [4.78, 5) is 23.9. The van der Waals surface area contributed by atoms with Crippen molar-refractivity contribution in [2.75, 3.05) is 14.2 Å². The highest BCUT2D eigenvalue weighted by atomic mass is 19.1. The van der Waals surface area contributed by atoms with E-state index in [9.17, 15) is 14.0 Å². The van der Waals surface area contributed by atoms with Crippen LogP contribution in [0.15, 0.2) is 36.4 Å². The Balaban J connectivity index is 2.34. The molecule has 1 aromatic rings. The number of benzene rings is 1. The van der Waals surface area contributed by atoms with Crippen molar-refractivity contribution in [3.05, 3.63) is 47.8 Å². The predicted octanol–water partition coefficient (Wildman–Crippen LogP) is 2.20. The van der Waals surface area contributed by atoms with Gasteiger partial charge in [0.05, 0.1) is 14.2 Å². The van der Waals surface area contributed by atoms with E-state index >= 15 is 0 Å². The standard InChI is InChI=1S/C15H15FO4/c1-19-13(17)15(14(18)20-2)8-7-10(9-15)11-5-3-4-6-12(11)16/h3-8,10H,9H2,1-2H3/t10-/m0/s1. The predicted molar refractivity (Wildman–Crippen MR) is 69.4 cm³/mol. The third-order valence-corrected chi connectivity index (χ3v) is 3.56. The molecule has 1 aliphatic carbocycles. The second-order valence-corrected chi connectivity index (χ2v) is 4.65. The van der Waals surface area contributed by atoms with Gasteiger partial charge in [-0.15, -0.1) is 0 Å². The molecule has 0 spiro atoms. The molecule has 0 aromatic heterocycles. The van der Waals surface area contributed by atoms with E-state index in [2.05, 4.69) is 0 Å². The zero-order chi connectivity index (χ0) is 14.8. The number of ether oxygens (including phenoxy) is 2. The second kappa shape index (κ2) is 5.45. The van der Waals surface area contributed by atoms with Crippen molar-refractivity contribution >= 4 is 11.9 Å². The SMILES string of the molecule is COC(=O)C1(C(=O)OC)C=C[C@H](c2ccccc2F)C1. The summed E-state index contributed by atoms with van der Waals surface area (Å²) in [5.74, 6) is -2.12. The monoisotopic (exact) mass is 278 g/mol. The summed E-state index contributed by atoms with van der Waals surface area (Å²) in [6.07, 6.45) is 3.20. The molecule has 2 rings (SSSR count). The Hall–Kier alpha value is -2.17. The van der Waals surface area contributed by atoms with E-state index in [1.54, 1.807) is 24.3 Å². The quantitative estimate of drug-likeness (QED) is 0.483. The van der Waals surface area contributed by atoms with Crippen LogP contribution in [0.2, 0.25) is 0 Å². The first kappa shape index (κ1) is 14.2. The van der Waals surface area contributed by atoms with E-state index in [0.717, 1.165) is 0 Å². The second-order valence-electron chi connectivity index (χ2n) is 4.65. The van der Waals surface area contributed by atoms with Gasteiger partial charge in [-0.1, -0.05) is 30.4 Å². The van der Waals surface area contributed by atoms with Crippen LogP contribution in [0.4, 0.5) is 4.39 Å². The molecule has 0 fully saturated rings. The molecule has 0 unspecified atom stereocenters. The van der Waals surface area contributed by atoms with Crippen LogP contribution in [-0.2, 0) is 19.1 Å². The fraction of sp³-hybridized carbons (Fsp3) is 0.333. The summed E-state index contributed by atoms with van der Waals surface area (Å²) < 4.78 is 23.2. The molecule has 0 saturated carbocycles. The molecule has 1 atom stereocenters. The lowest BCUT2D eigenvalue weighted by Crippen LogP contribution is -2.38. The number of rotatable bonds is 3. The van der Waals surface area contributed by atoms with Crippen molar-refractivity contribution in [2.24, 2.45) is 5.41 Å². The summed E-state index contributed by atoms with van der Waals surface area (Å²) >= 11 is 0. The molecular weight excluding hydrogens is 263 g/mol. The van der Waals surface area contributed by atoms with E-state index in [-0.39, 0.29) is 18.2 Å². The number of carbonyl (C=O) groups is 2. The summed E-state index contributed by atoms with van der Waals surface area (Å²) in [7, 11) is 2.41. The molecule has 1 aromatic carbocycles. The van der Waals surface area contributed by atoms with Crippen LogP contribution >= 0.6 is 0 Å². The highest BCUT2D eigenvalue weighted by Crippen LogP contribution is 2.43. The average molecular weight is 278 g/mol. The van der Waals surface area contributed by atoms with Gasteiger partial charge >= 0.3 is 11.9 Å². The zero-order valence-electron chi connectivity index (χ0n) is 11.3. The van der Waals surface area contributed by atoms with E-state index in [1.807, 2.05) is 0 Å². The Labute approximate surface area is 116 Å². The maximum atomic E-state index is 13.8. The Morgan fingerprint density at radius 1 is 1.20 bits per heavy atom. The number of hydrogen-bond acceptors (Lipinski definition) is 4. The lowest BCUT2D eigenvalue weighted by atomic mass is 9.83. The maximum Gasteiger partial charge on any atom is 0.327 e. The van der Waals surface area contributed by atoms with Gasteiger partial charge in [0.2, 0.25) is 0 Å². The molecule has 0 amide bonds. The number of halogens is 1. The van der Waals surface area contributed by atoms with Crippen LogP contribution in [0.5, 0.6) is 0 Å². The smallest absolute Gasteiger partial charge is 0.327 e. The molecule has 106 valence electrons. The van der Waals surface area contributed by atoms with Gasteiger partial charge < -0.3 is 9.47 Å². The molecule has 0 radical (unpaired) electrons. The van der Waals surface area contributed by atoms with Crippen LogP contribution in [0.25, 0.3) is 0 Å². The molecule has 0 aliphatic heterocycles. The van der Waals surface area contributed by atoms with Gasteiger partial charge in [0.25, 0.3) is 0 Å². The Morgan fingerprint density at radius 3 is 2.35 bits per heavy atom. The largest absolute Gasteiger partial charge is 0.468 e. The third-order valence-electron chi connectivity index (χ3n) is 3.56. The minimum absolute atomic E-state index is 0.104. The fourth-order valence-electron chi connectivity index (χ4n) is 2.50. The van der Waals surface area contributed by atoms with Gasteiger partial charge in [-0.05, 0) is 18.1 Å². The Morgan fingerprint density at radius 2 is 1.80 bits per heavy atom. The van der Waals surface area contributed by atoms with Crippen LogP contribution in [0, 0.1) is 11.2 Å². The average Bonchev–Trinajstić information content (AvgIpc) is 2.92. The van der Waals surface area contributed by atoms with Crippen molar-refractivity contribution in [2.45, 2.75) is 12.3 Å². The first-order chi connectivity index (χ1) is 9.55. The molecule has 20 heavy (non-hydrogen) atoms. The number of hydrogen-bond donors (Lipinski definition) is 0. The first-order valence-electron chi connectivity index (χ1n) is 6.16. The van der Waals surface area contributed by atoms with Crippen LogP contribution in [0.1, 0.15) is 17.9 Å². The molecule has 0 saturated heterocycles. The number of methoxy groups -OCH3 is 2. The minimum atomic E-state index is -1.49. The third kappa shape index (κ3) is 2.19. The van der Waals surface area contributed by atoms with E-state index in [4.69, 9.17) is 9.47 Å². The first-order valence-corrected chi connectivity index (χ1v) is 6.16. The molecule has 1 aliphatic rings. The normalized spacial score (nSPS) is 19.6. The van der Waals surface area contributed by atoms with Crippen LogP contribution in [-0.4, -0.2) is 26.2 Å². The van der Waals surface area contributed by atoms with Crippen molar-refractivity contribution in [1.29, 1.82) is 0 Å². The van der Waals surface area contributed by atoms with Gasteiger partial charge in [0.15, 0.2) is 5.41 Å². The summed E-state index contributed by atoms with van der Waals surface area (Å²) in [5.41, 5.74) is -1.05. The summed E-state index contributed by atoms with van der Waals surface area (Å²) in [6.45, 7) is 0. The lowest BCUT2D eigenvalue weighted by Gasteiger charge is -2.23. The van der Waals surface area contributed by atoms with Crippen molar-refractivity contribution in [3.8, 4) is 0 Å². The van der Waals surface area contributed by atoms with Gasteiger partial charge in [-0.2, -0.15) is 0 Å². The Kier molecular flexibility index (Phi) is 3.88. The molecule has 4 nitrogen and oxygen atoms in total. The number of allylic oxidation sites excluding steroid dienone is 1. The van der Waals surface area contributed by atoms with Gasteiger partial charge in [-0.25, -0.2) is 4.39 Å². The molecular formula is C15H15FO4. The molecule has 0 heterocycles. The summed E-state index contributed by atoms with van der Waals surface area (Å²) in [6, 6.07) is 6.28. The topological polar surface area (TPSA) is 52.6 Å². The van der Waals surface area contributed by atoms with E-state index in [0.29, 0.717) is 5.56 Å². The zero-order valence-corrected chi connectivity index (χ0v) is 11.3.